The number of pyridine rings is 1. The first-order chi connectivity index (χ1) is 11.7. The normalized spacial score (nSPS) is 15.6. The van der Waals surface area contributed by atoms with Gasteiger partial charge in [-0.05, 0) is 20.8 Å². The predicted octanol–water partition coefficient (Wildman–Crippen LogP) is 2.79. The second kappa shape index (κ2) is 7.67. The number of rotatable bonds is 3. The number of hydrogen-bond acceptors (Lipinski definition) is 6. The first kappa shape index (κ1) is 19.0. The van der Waals surface area contributed by atoms with Crippen LogP contribution in [0.25, 0.3) is 0 Å². The van der Waals surface area contributed by atoms with Gasteiger partial charge in [0.25, 0.3) is 0 Å². The smallest absolute Gasteiger partial charge is 0.410 e. The number of esters is 1. The molecule has 0 aliphatic carbocycles. The van der Waals surface area contributed by atoms with Gasteiger partial charge in [-0.15, -0.1) is 0 Å². The van der Waals surface area contributed by atoms with Crippen LogP contribution in [0.15, 0.2) is 12.3 Å². The van der Waals surface area contributed by atoms with Gasteiger partial charge in [-0.3, -0.25) is 0 Å². The molecule has 1 amide bonds. The van der Waals surface area contributed by atoms with Gasteiger partial charge in [0.05, 0.1) is 13.3 Å². The quantitative estimate of drug-likeness (QED) is 0.777. The van der Waals surface area contributed by atoms with Crippen molar-refractivity contribution in [2.75, 3.05) is 20.2 Å². The highest BCUT2D eigenvalue weighted by molar-refractivity contribution is 5.87. The molecule has 2 heterocycles. The van der Waals surface area contributed by atoms with Crippen LogP contribution in [0.2, 0.25) is 0 Å². The molecule has 0 N–H and O–H groups in total. The van der Waals surface area contributed by atoms with E-state index in [1.807, 2.05) is 20.8 Å². The molecular formula is C17H23FN2O5. The van der Waals surface area contributed by atoms with E-state index in [4.69, 9.17) is 9.47 Å². The maximum atomic E-state index is 13.9. The molecule has 1 saturated heterocycles. The van der Waals surface area contributed by atoms with E-state index in [1.165, 1.54) is 13.2 Å². The third-order valence-corrected chi connectivity index (χ3v) is 3.60. The fourth-order valence-corrected chi connectivity index (χ4v) is 2.39. The second-order valence-corrected chi connectivity index (χ2v) is 6.78. The van der Waals surface area contributed by atoms with Crippen molar-refractivity contribution < 1.29 is 28.2 Å². The minimum absolute atomic E-state index is 0.0231. The Kier molecular flexibility index (Phi) is 5.81. The second-order valence-electron chi connectivity index (χ2n) is 6.78. The van der Waals surface area contributed by atoms with Gasteiger partial charge in [-0.2, -0.15) is 0 Å². The van der Waals surface area contributed by atoms with Crippen molar-refractivity contribution in [1.29, 1.82) is 0 Å². The van der Waals surface area contributed by atoms with Crippen molar-refractivity contribution in [2.24, 2.45) is 0 Å². The minimum Gasteiger partial charge on any atom is -0.487 e. The van der Waals surface area contributed by atoms with Gasteiger partial charge in [-0.25, -0.2) is 19.0 Å². The Labute approximate surface area is 146 Å². The summed E-state index contributed by atoms with van der Waals surface area (Å²) >= 11 is 0. The molecule has 1 fully saturated rings. The lowest BCUT2D eigenvalue weighted by atomic mass is 10.1. The fraction of sp³-hybridized carbons (Fsp3) is 0.588. The number of likely N-dealkylation sites (tertiary alicyclic amines) is 1. The van der Waals surface area contributed by atoms with E-state index in [0.717, 1.165) is 6.20 Å². The SMILES string of the molecule is COC(=O)c1cc(OC2CCN(C(=O)OC(C)(C)C)CC2)c(F)cn1. The molecule has 25 heavy (non-hydrogen) atoms. The summed E-state index contributed by atoms with van der Waals surface area (Å²) in [5, 5.41) is 0. The number of methoxy groups -OCH3 is 1. The van der Waals surface area contributed by atoms with Gasteiger partial charge in [0.15, 0.2) is 17.3 Å². The lowest BCUT2D eigenvalue weighted by molar-refractivity contribution is 0.0122. The van der Waals surface area contributed by atoms with E-state index in [2.05, 4.69) is 9.72 Å². The van der Waals surface area contributed by atoms with Crippen LogP contribution in [0.3, 0.4) is 0 Å². The van der Waals surface area contributed by atoms with Crippen molar-refractivity contribution >= 4 is 12.1 Å². The first-order valence-electron chi connectivity index (χ1n) is 8.08. The van der Waals surface area contributed by atoms with Crippen LogP contribution < -0.4 is 4.74 Å². The predicted molar refractivity (Wildman–Crippen MR) is 87.0 cm³/mol. The molecule has 0 aromatic carbocycles. The van der Waals surface area contributed by atoms with E-state index >= 15 is 0 Å². The molecule has 0 spiro atoms. The molecule has 0 saturated carbocycles. The molecule has 8 heteroatoms. The maximum Gasteiger partial charge on any atom is 0.410 e. The fourth-order valence-electron chi connectivity index (χ4n) is 2.39. The van der Waals surface area contributed by atoms with Crippen LogP contribution in [0.1, 0.15) is 44.1 Å². The summed E-state index contributed by atoms with van der Waals surface area (Å²) in [5.74, 6) is -1.36. The number of amides is 1. The first-order valence-corrected chi connectivity index (χ1v) is 8.08. The lowest BCUT2D eigenvalue weighted by Gasteiger charge is -2.33. The van der Waals surface area contributed by atoms with Gasteiger partial charge < -0.3 is 19.1 Å². The number of carbonyl (C=O) groups excluding carboxylic acids is 2. The zero-order chi connectivity index (χ0) is 18.6. The summed E-state index contributed by atoms with van der Waals surface area (Å²) in [6.45, 7) is 6.34. The van der Waals surface area contributed by atoms with Crippen LogP contribution in [0, 0.1) is 5.82 Å². The molecule has 1 aromatic rings. The van der Waals surface area contributed by atoms with Crippen LogP contribution >= 0.6 is 0 Å². The number of halogens is 1. The van der Waals surface area contributed by atoms with Crippen molar-refractivity contribution in [3.8, 4) is 5.75 Å². The van der Waals surface area contributed by atoms with E-state index in [0.29, 0.717) is 25.9 Å². The number of hydrogen-bond donors (Lipinski definition) is 0. The summed E-state index contributed by atoms with van der Waals surface area (Å²) in [4.78, 5) is 28.8. The number of nitrogens with zero attached hydrogens (tertiary/aromatic N) is 2. The van der Waals surface area contributed by atoms with Crippen molar-refractivity contribution in [3.05, 3.63) is 23.8 Å². The van der Waals surface area contributed by atoms with E-state index in [9.17, 15) is 14.0 Å². The van der Waals surface area contributed by atoms with Crippen molar-refractivity contribution in [1.82, 2.24) is 9.88 Å². The minimum atomic E-state index is -0.662. The molecule has 1 aliphatic heterocycles. The van der Waals surface area contributed by atoms with Gasteiger partial charge in [0.2, 0.25) is 0 Å². The van der Waals surface area contributed by atoms with Crippen LogP contribution in [0.5, 0.6) is 5.75 Å². The molecule has 1 aromatic heterocycles. The number of carbonyl (C=O) groups is 2. The summed E-state index contributed by atoms with van der Waals surface area (Å²) in [6.07, 6.45) is 1.37. The summed E-state index contributed by atoms with van der Waals surface area (Å²) in [7, 11) is 1.22. The summed E-state index contributed by atoms with van der Waals surface area (Å²) in [5.41, 5.74) is -0.570. The van der Waals surface area contributed by atoms with Crippen LogP contribution in [-0.4, -0.2) is 53.9 Å². The summed E-state index contributed by atoms with van der Waals surface area (Å²) in [6, 6.07) is 1.22. The molecule has 0 unspecified atom stereocenters. The maximum absolute atomic E-state index is 13.9. The molecular weight excluding hydrogens is 331 g/mol. The topological polar surface area (TPSA) is 78.0 Å². The summed E-state index contributed by atoms with van der Waals surface area (Å²) < 4.78 is 29.4. The van der Waals surface area contributed by atoms with Crippen LogP contribution in [0.4, 0.5) is 9.18 Å². The zero-order valence-corrected chi connectivity index (χ0v) is 14.9. The zero-order valence-electron chi connectivity index (χ0n) is 14.9. The molecule has 0 atom stereocenters. The third kappa shape index (κ3) is 5.30. The van der Waals surface area contributed by atoms with Gasteiger partial charge >= 0.3 is 12.1 Å². The van der Waals surface area contributed by atoms with Crippen LogP contribution in [-0.2, 0) is 9.47 Å². The third-order valence-electron chi connectivity index (χ3n) is 3.60. The Bertz CT molecular complexity index is 636. The highest BCUT2D eigenvalue weighted by Crippen LogP contribution is 2.23. The highest BCUT2D eigenvalue weighted by atomic mass is 19.1. The Morgan fingerprint density at radius 2 is 1.92 bits per heavy atom. The van der Waals surface area contributed by atoms with Gasteiger partial charge in [0.1, 0.15) is 11.7 Å². The number of ether oxygens (including phenoxy) is 3. The van der Waals surface area contributed by atoms with E-state index in [1.54, 1.807) is 4.90 Å². The molecule has 138 valence electrons. The Hall–Kier alpha value is -2.38. The molecule has 7 nitrogen and oxygen atoms in total. The largest absolute Gasteiger partial charge is 0.487 e. The average molecular weight is 354 g/mol. The average Bonchev–Trinajstić information content (AvgIpc) is 2.55. The standard InChI is InChI=1S/C17H23FN2O5/c1-17(2,3)25-16(22)20-7-5-11(6-8-20)24-14-9-13(15(21)23-4)19-10-12(14)18/h9-11H,5-8H2,1-4H3. The number of piperidine rings is 1. The molecule has 1 aliphatic rings. The molecule has 0 radical (unpaired) electrons. The lowest BCUT2D eigenvalue weighted by Crippen LogP contribution is -2.44. The van der Waals surface area contributed by atoms with Crippen molar-refractivity contribution in [2.45, 2.75) is 45.3 Å². The molecule has 0 bridgehead atoms. The monoisotopic (exact) mass is 354 g/mol. The number of aromatic nitrogens is 1. The Balaban J connectivity index is 1.94. The molecule has 2 rings (SSSR count). The highest BCUT2D eigenvalue weighted by Gasteiger charge is 2.28. The Morgan fingerprint density at radius 1 is 1.28 bits per heavy atom. The Morgan fingerprint density at radius 3 is 2.48 bits per heavy atom. The van der Waals surface area contributed by atoms with Gasteiger partial charge in [-0.1, -0.05) is 0 Å². The van der Waals surface area contributed by atoms with Gasteiger partial charge in [0, 0.05) is 32.0 Å². The van der Waals surface area contributed by atoms with E-state index < -0.39 is 17.4 Å². The van der Waals surface area contributed by atoms with Crippen molar-refractivity contribution in [3.63, 3.8) is 0 Å². The van der Waals surface area contributed by atoms with E-state index in [-0.39, 0.29) is 23.6 Å².